The second-order valence-electron chi connectivity index (χ2n) is 4.38. The lowest BCUT2D eigenvalue weighted by Gasteiger charge is -2.31. The van der Waals surface area contributed by atoms with Crippen molar-refractivity contribution in [3.63, 3.8) is 0 Å². The van der Waals surface area contributed by atoms with Crippen LogP contribution in [0.4, 0.5) is 0 Å². The fraction of sp³-hybridized carbons (Fsp3) is 0.636. The van der Waals surface area contributed by atoms with E-state index >= 15 is 0 Å². The minimum Gasteiger partial charge on any atom is -0.481 e. The summed E-state index contributed by atoms with van der Waals surface area (Å²) in [7, 11) is 0. The minimum atomic E-state index is -0.899. The van der Waals surface area contributed by atoms with E-state index < -0.39 is 11.4 Å². The van der Waals surface area contributed by atoms with E-state index in [1.807, 2.05) is 26.2 Å². The number of carboxylic acids is 1. The summed E-state index contributed by atoms with van der Waals surface area (Å²) in [6, 6.07) is 0. The number of aryl methyl sites for hydroxylation is 1. The molecule has 0 saturated heterocycles. The predicted octanol–water partition coefficient (Wildman–Crippen LogP) is 1.68. The quantitative estimate of drug-likeness (QED) is 0.823. The first-order valence-electron chi connectivity index (χ1n) is 5.27. The van der Waals surface area contributed by atoms with Gasteiger partial charge in [-0.2, -0.15) is 0 Å². The highest BCUT2D eigenvalue weighted by Crippen LogP contribution is 2.32. The van der Waals surface area contributed by atoms with Gasteiger partial charge < -0.3 is 10.8 Å². The normalized spacial score (nSPS) is 15.1. The van der Waals surface area contributed by atoms with Crippen LogP contribution in [-0.4, -0.2) is 22.6 Å². The maximum absolute atomic E-state index is 11.4. The van der Waals surface area contributed by atoms with Crippen LogP contribution in [0.25, 0.3) is 0 Å². The molecule has 3 N–H and O–H groups in total. The molecule has 0 spiro atoms. The maximum Gasteiger partial charge on any atom is 0.311 e. The average Bonchev–Trinajstić information content (AvgIpc) is 2.59. The van der Waals surface area contributed by atoms with E-state index in [4.69, 9.17) is 5.73 Å². The van der Waals surface area contributed by atoms with Crippen LogP contribution >= 0.6 is 11.3 Å². The Morgan fingerprint density at radius 1 is 1.69 bits per heavy atom. The molecule has 90 valence electrons. The molecule has 0 amide bonds. The molecule has 0 aliphatic rings. The Labute approximate surface area is 99.5 Å². The molecule has 5 heteroatoms. The number of nitrogens with zero attached hydrogens (tertiary/aromatic N) is 1. The summed E-state index contributed by atoms with van der Waals surface area (Å²) >= 11 is 1.50. The van der Waals surface area contributed by atoms with Gasteiger partial charge >= 0.3 is 5.97 Å². The van der Waals surface area contributed by atoms with Crippen LogP contribution in [0.5, 0.6) is 0 Å². The molecule has 16 heavy (non-hydrogen) atoms. The van der Waals surface area contributed by atoms with E-state index in [2.05, 4.69) is 4.98 Å². The van der Waals surface area contributed by atoms with Crippen molar-refractivity contribution in [2.45, 2.75) is 27.2 Å². The number of hydrogen-bond acceptors (Lipinski definition) is 4. The molecule has 0 saturated carbocycles. The molecule has 1 unspecified atom stereocenters. The highest BCUT2D eigenvalue weighted by molar-refractivity contribution is 7.09. The lowest BCUT2D eigenvalue weighted by atomic mass is 9.74. The molecule has 0 fully saturated rings. The van der Waals surface area contributed by atoms with Crippen LogP contribution in [0.1, 0.15) is 24.5 Å². The molecule has 1 aromatic heterocycles. The highest BCUT2D eigenvalue weighted by Gasteiger charge is 2.41. The molecule has 0 aliphatic heterocycles. The number of carbonyl (C=O) groups is 1. The zero-order valence-corrected chi connectivity index (χ0v) is 10.7. The SMILES string of the molecule is Cc1csc(CC(CN)(C(=O)O)C(C)C)n1. The van der Waals surface area contributed by atoms with Crippen LogP contribution in [0.2, 0.25) is 0 Å². The minimum absolute atomic E-state index is 0.0146. The topological polar surface area (TPSA) is 76.2 Å². The van der Waals surface area contributed by atoms with E-state index in [1.165, 1.54) is 11.3 Å². The monoisotopic (exact) mass is 242 g/mol. The molecule has 0 radical (unpaired) electrons. The first-order valence-corrected chi connectivity index (χ1v) is 6.15. The maximum atomic E-state index is 11.4. The number of carboxylic acid groups (broad SMARTS) is 1. The largest absolute Gasteiger partial charge is 0.481 e. The summed E-state index contributed by atoms with van der Waals surface area (Å²) < 4.78 is 0. The molecule has 1 atom stereocenters. The van der Waals surface area contributed by atoms with Crippen LogP contribution in [0, 0.1) is 18.3 Å². The van der Waals surface area contributed by atoms with Crippen LogP contribution in [-0.2, 0) is 11.2 Å². The summed E-state index contributed by atoms with van der Waals surface area (Å²) in [6.07, 6.45) is 0.412. The summed E-state index contributed by atoms with van der Waals surface area (Å²) in [5, 5.41) is 12.1. The van der Waals surface area contributed by atoms with Crippen molar-refractivity contribution in [3.05, 3.63) is 16.1 Å². The van der Waals surface area contributed by atoms with Gasteiger partial charge in [-0.05, 0) is 12.8 Å². The zero-order valence-electron chi connectivity index (χ0n) is 9.86. The van der Waals surface area contributed by atoms with Crippen LogP contribution in [0.15, 0.2) is 5.38 Å². The van der Waals surface area contributed by atoms with Gasteiger partial charge in [-0.15, -0.1) is 11.3 Å². The second kappa shape index (κ2) is 4.93. The van der Waals surface area contributed by atoms with Crippen molar-refractivity contribution >= 4 is 17.3 Å². The first kappa shape index (κ1) is 13.1. The molecular formula is C11H18N2O2S. The summed E-state index contributed by atoms with van der Waals surface area (Å²) in [5.41, 5.74) is 5.69. The van der Waals surface area contributed by atoms with Gasteiger partial charge in [0.05, 0.1) is 10.4 Å². The number of aliphatic carboxylic acids is 1. The van der Waals surface area contributed by atoms with E-state index in [1.54, 1.807) is 0 Å². The Hall–Kier alpha value is -0.940. The molecular weight excluding hydrogens is 224 g/mol. The molecule has 1 rings (SSSR count). The Morgan fingerprint density at radius 3 is 2.62 bits per heavy atom. The van der Waals surface area contributed by atoms with E-state index in [0.29, 0.717) is 6.42 Å². The van der Waals surface area contributed by atoms with Gasteiger partial charge in [0, 0.05) is 24.0 Å². The summed E-state index contributed by atoms with van der Waals surface area (Å²) in [4.78, 5) is 15.7. The molecule has 0 aromatic carbocycles. The second-order valence-corrected chi connectivity index (χ2v) is 5.32. The molecule has 1 aromatic rings. The lowest BCUT2D eigenvalue weighted by molar-refractivity contribution is -0.151. The number of aromatic nitrogens is 1. The number of nitrogens with two attached hydrogens (primary N) is 1. The van der Waals surface area contributed by atoms with Crippen molar-refractivity contribution in [2.75, 3.05) is 6.54 Å². The third kappa shape index (κ3) is 2.41. The van der Waals surface area contributed by atoms with Crippen LogP contribution in [0.3, 0.4) is 0 Å². The fourth-order valence-corrected chi connectivity index (χ4v) is 2.57. The smallest absolute Gasteiger partial charge is 0.311 e. The van der Waals surface area contributed by atoms with Crippen molar-refractivity contribution < 1.29 is 9.90 Å². The number of hydrogen-bond donors (Lipinski definition) is 2. The van der Waals surface area contributed by atoms with Gasteiger partial charge in [0.15, 0.2) is 0 Å². The van der Waals surface area contributed by atoms with Gasteiger partial charge in [-0.3, -0.25) is 4.79 Å². The Bertz CT molecular complexity index is 376. The van der Waals surface area contributed by atoms with Crippen LogP contribution < -0.4 is 5.73 Å². The van der Waals surface area contributed by atoms with E-state index in [-0.39, 0.29) is 12.5 Å². The van der Waals surface area contributed by atoms with Crippen molar-refractivity contribution in [1.29, 1.82) is 0 Å². The standard InChI is InChI=1S/C11H18N2O2S/c1-7(2)11(6-12,10(14)15)4-9-13-8(3)5-16-9/h5,7H,4,6,12H2,1-3H3,(H,14,15). The lowest BCUT2D eigenvalue weighted by Crippen LogP contribution is -2.45. The number of thiazole rings is 1. The molecule has 0 aliphatic carbocycles. The molecule has 1 heterocycles. The Kier molecular flexibility index (Phi) is 4.04. The van der Waals surface area contributed by atoms with Crippen molar-refractivity contribution in [2.24, 2.45) is 17.1 Å². The van der Waals surface area contributed by atoms with Crippen molar-refractivity contribution in [3.8, 4) is 0 Å². The highest BCUT2D eigenvalue weighted by atomic mass is 32.1. The van der Waals surface area contributed by atoms with Gasteiger partial charge in [-0.1, -0.05) is 13.8 Å². The van der Waals surface area contributed by atoms with E-state index in [9.17, 15) is 9.90 Å². The van der Waals surface area contributed by atoms with E-state index in [0.717, 1.165) is 10.7 Å². The van der Waals surface area contributed by atoms with Gasteiger partial charge in [0.2, 0.25) is 0 Å². The molecule has 4 nitrogen and oxygen atoms in total. The van der Waals surface area contributed by atoms with Gasteiger partial charge in [0.1, 0.15) is 0 Å². The zero-order chi connectivity index (χ0) is 12.3. The summed E-state index contributed by atoms with van der Waals surface area (Å²) in [6.45, 7) is 5.82. The van der Waals surface area contributed by atoms with Gasteiger partial charge in [0.25, 0.3) is 0 Å². The summed E-state index contributed by atoms with van der Waals surface area (Å²) in [5.74, 6) is -0.850. The van der Waals surface area contributed by atoms with Gasteiger partial charge in [-0.25, -0.2) is 4.98 Å². The first-order chi connectivity index (χ1) is 7.42. The third-order valence-corrected chi connectivity index (χ3v) is 4.00. The Morgan fingerprint density at radius 2 is 2.31 bits per heavy atom. The number of rotatable bonds is 5. The average molecular weight is 242 g/mol. The Balaban J connectivity index is 2.99. The predicted molar refractivity (Wildman–Crippen MR) is 64.5 cm³/mol. The fourth-order valence-electron chi connectivity index (χ4n) is 1.68. The third-order valence-electron chi connectivity index (χ3n) is 3.03. The van der Waals surface area contributed by atoms with Crippen molar-refractivity contribution in [1.82, 2.24) is 4.98 Å². The molecule has 0 bridgehead atoms.